The molecule has 0 aliphatic rings. The van der Waals surface area contributed by atoms with E-state index in [4.69, 9.17) is 9.15 Å². The first-order chi connectivity index (χ1) is 9.13. The monoisotopic (exact) mass is 267 g/mol. The molecule has 19 heavy (non-hydrogen) atoms. The number of nitrogens with one attached hydrogen (secondary N) is 1. The Hall–Kier alpha value is -0.800. The molecule has 0 aliphatic carbocycles. The van der Waals surface area contributed by atoms with Crippen LogP contribution >= 0.6 is 0 Å². The predicted molar refractivity (Wildman–Crippen MR) is 79.2 cm³/mol. The number of hydrogen-bond acceptors (Lipinski definition) is 3. The third kappa shape index (κ3) is 6.79. The van der Waals surface area contributed by atoms with Gasteiger partial charge in [0.05, 0.1) is 0 Å². The molecule has 0 bridgehead atoms. The van der Waals surface area contributed by atoms with Crippen molar-refractivity contribution in [1.29, 1.82) is 0 Å². The summed E-state index contributed by atoms with van der Waals surface area (Å²) in [6.45, 7) is 12.0. The lowest BCUT2D eigenvalue weighted by molar-refractivity contribution is 0.102. The molecule has 1 aromatic heterocycles. The molecule has 0 aliphatic heterocycles. The average Bonchev–Trinajstić information content (AvgIpc) is 2.69. The molecule has 1 N–H and O–H groups in total. The van der Waals surface area contributed by atoms with Gasteiger partial charge in [0, 0.05) is 18.7 Å². The SMILES string of the molecule is CCCCCOCc1cc(CNCC(C)C)c(C)o1. The van der Waals surface area contributed by atoms with Crippen LogP contribution in [0.25, 0.3) is 0 Å². The number of rotatable bonds is 10. The van der Waals surface area contributed by atoms with Crippen LogP contribution in [0, 0.1) is 12.8 Å². The number of ether oxygens (including phenoxy) is 1. The molecule has 1 rings (SSSR count). The minimum atomic E-state index is 0.592. The summed E-state index contributed by atoms with van der Waals surface area (Å²) in [5, 5.41) is 3.44. The van der Waals surface area contributed by atoms with E-state index < -0.39 is 0 Å². The van der Waals surface area contributed by atoms with E-state index in [2.05, 4.69) is 32.2 Å². The molecule has 0 aromatic carbocycles. The molecule has 0 saturated heterocycles. The van der Waals surface area contributed by atoms with Crippen LogP contribution in [-0.2, 0) is 17.9 Å². The highest BCUT2D eigenvalue weighted by atomic mass is 16.5. The average molecular weight is 267 g/mol. The lowest BCUT2D eigenvalue weighted by Gasteiger charge is -2.05. The van der Waals surface area contributed by atoms with E-state index in [9.17, 15) is 0 Å². The van der Waals surface area contributed by atoms with Crippen LogP contribution in [0.15, 0.2) is 10.5 Å². The van der Waals surface area contributed by atoms with Gasteiger partial charge in [0.15, 0.2) is 0 Å². The van der Waals surface area contributed by atoms with Crippen LogP contribution in [0.4, 0.5) is 0 Å². The van der Waals surface area contributed by atoms with Gasteiger partial charge in [-0.2, -0.15) is 0 Å². The minimum absolute atomic E-state index is 0.592. The number of unbranched alkanes of at least 4 members (excludes halogenated alkanes) is 2. The van der Waals surface area contributed by atoms with Crippen molar-refractivity contribution in [1.82, 2.24) is 5.32 Å². The van der Waals surface area contributed by atoms with Crippen LogP contribution in [0.5, 0.6) is 0 Å². The van der Waals surface area contributed by atoms with Crippen molar-refractivity contribution >= 4 is 0 Å². The van der Waals surface area contributed by atoms with E-state index in [1.165, 1.54) is 18.4 Å². The molecular formula is C16H29NO2. The first-order valence-electron chi connectivity index (χ1n) is 7.50. The zero-order valence-corrected chi connectivity index (χ0v) is 12.9. The molecule has 3 nitrogen and oxygen atoms in total. The van der Waals surface area contributed by atoms with Gasteiger partial charge in [-0.3, -0.25) is 0 Å². The second-order valence-corrected chi connectivity index (χ2v) is 5.58. The molecule has 0 amide bonds. The smallest absolute Gasteiger partial charge is 0.130 e. The Labute approximate surface area is 117 Å². The van der Waals surface area contributed by atoms with E-state index >= 15 is 0 Å². The maximum Gasteiger partial charge on any atom is 0.130 e. The third-order valence-electron chi connectivity index (χ3n) is 3.08. The Morgan fingerprint density at radius 3 is 2.79 bits per heavy atom. The van der Waals surface area contributed by atoms with Gasteiger partial charge in [-0.25, -0.2) is 0 Å². The largest absolute Gasteiger partial charge is 0.464 e. The van der Waals surface area contributed by atoms with E-state index in [0.29, 0.717) is 12.5 Å². The zero-order chi connectivity index (χ0) is 14.1. The fraction of sp³-hybridized carbons (Fsp3) is 0.750. The molecule has 0 saturated carbocycles. The highest BCUT2D eigenvalue weighted by Gasteiger charge is 2.07. The Morgan fingerprint density at radius 1 is 1.32 bits per heavy atom. The topological polar surface area (TPSA) is 34.4 Å². The first-order valence-corrected chi connectivity index (χ1v) is 7.50. The Balaban J connectivity index is 2.28. The van der Waals surface area contributed by atoms with Gasteiger partial charge >= 0.3 is 0 Å². The summed E-state index contributed by atoms with van der Waals surface area (Å²) in [6, 6.07) is 2.11. The highest BCUT2D eigenvalue weighted by molar-refractivity contribution is 5.20. The summed E-state index contributed by atoms with van der Waals surface area (Å²) in [7, 11) is 0. The summed E-state index contributed by atoms with van der Waals surface area (Å²) in [4.78, 5) is 0. The third-order valence-corrected chi connectivity index (χ3v) is 3.08. The number of aryl methyl sites for hydroxylation is 1. The summed E-state index contributed by atoms with van der Waals surface area (Å²) >= 11 is 0. The van der Waals surface area contributed by atoms with Crippen LogP contribution in [0.2, 0.25) is 0 Å². The molecule has 0 unspecified atom stereocenters. The minimum Gasteiger partial charge on any atom is -0.464 e. The maximum absolute atomic E-state index is 5.71. The first kappa shape index (κ1) is 16.3. The second kappa shape index (κ2) is 9.16. The van der Waals surface area contributed by atoms with Crippen LogP contribution < -0.4 is 5.32 Å². The van der Waals surface area contributed by atoms with Gasteiger partial charge < -0.3 is 14.5 Å². The van der Waals surface area contributed by atoms with E-state index in [0.717, 1.165) is 37.6 Å². The molecule has 1 heterocycles. The Bertz CT molecular complexity index is 345. The fourth-order valence-electron chi connectivity index (χ4n) is 1.96. The van der Waals surface area contributed by atoms with Crippen molar-refractivity contribution in [3.05, 3.63) is 23.2 Å². The molecule has 3 heteroatoms. The van der Waals surface area contributed by atoms with Gasteiger partial charge in [0.1, 0.15) is 18.1 Å². The molecule has 1 aromatic rings. The zero-order valence-electron chi connectivity index (χ0n) is 12.9. The Morgan fingerprint density at radius 2 is 2.11 bits per heavy atom. The lowest BCUT2D eigenvalue weighted by Crippen LogP contribution is -2.18. The van der Waals surface area contributed by atoms with Crippen LogP contribution in [0.1, 0.15) is 57.1 Å². The van der Waals surface area contributed by atoms with Crippen LogP contribution in [-0.4, -0.2) is 13.2 Å². The predicted octanol–water partition coefficient (Wildman–Crippen LogP) is 4.04. The quantitative estimate of drug-likeness (QED) is 0.650. The molecule has 0 atom stereocenters. The Kier molecular flexibility index (Phi) is 7.84. The number of hydrogen-bond donors (Lipinski definition) is 1. The second-order valence-electron chi connectivity index (χ2n) is 5.58. The fourth-order valence-corrected chi connectivity index (χ4v) is 1.96. The van der Waals surface area contributed by atoms with Crippen molar-refractivity contribution in [2.24, 2.45) is 5.92 Å². The van der Waals surface area contributed by atoms with Crippen molar-refractivity contribution in [3.63, 3.8) is 0 Å². The molecular weight excluding hydrogens is 238 g/mol. The van der Waals surface area contributed by atoms with Gasteiger partial charge in [-0.1, -0.05) is 33.6 Å². The lowest BCUT2D eigenvalue weighted by atomic mass is 10.2. The van der Waals surface area contributed by atoms with Crippen molar-refractivity contribution < 1.29 is 9.15 Å². The van der Waals surface area contributed by atoms with Crippen molar-refractivity contribution in [3.8, 4) is 0 Å². The van der Waals surface area contributed by atoms with E-state index in [1.54, 1.807) is 0 Å². The summed E-state index contributed by atoms with van der Waals surface area (Å²) < 4.78 is 11.3. The van der Waals surface area contributed by atoms with Gasteiger partial charge in [-0.05, 0) is 31.9 Å². The summed E-state index contributed by atoms with van der Waals surface area (Å²) in [5.74, 6) is 2.62. The van der Waals surface area contributed by atoms with Gasteiger partial charge in [0.25, 0.3) is 0 Å². The van der Waals surface area contributed by atoms with Crippen molar-refractivity contribution in [2.45, 2.75) is 60.1 Å². The molecule has 110 valence electrons. The summed E-state index contributed by atoms with van der Waals surface area (Å²) in [6.07, 6.45) is 3.61. The van der Waals surface area contributed by atoms with Gasteiger partial charge in [-0.15, -0.1) is 0 Å². The number of furan rings is 1. The normalized spacial score (nSPS) is 11.4. The van der Waals surface area contributed by atoms with E-state index in [1.807, 2.05) is 6.92 Å². The van der Waals surface area contributed by atoms with Gasteiger partial charge in [0.2, 0.25) is 0 Å². The summed E-state index contributed by atoms with van der Waals surface area (Å²) in [5.41, 5.74) is 1.24. The molecule has 0 spiro atoms. The molecule has 0 radical (unpaired) electrons. The van der Waals surface area contributed by atoms with Crippen LogP contribution in [0.3, 0.4) is 0 Å². The van der Waals surface area contributed by atoms with E-state index in [-0.39, 0.29) is 0 Å². The van der Waals surface area contributed by atoms with Crippen molar-refractivity contribution in [2.75, 3.05) is 13.2 Å². The molecule has 0 fully saturated rings. The standard InChI is InChI=1S/C16H29NO2/c1-5-6-7-8-18-12-16-9-15(14(4)19-16)11-17-10-13(2)3/h9,13,17H,5-8,10-12H2,1-4H3. The highest BCUT2D eigenvalue weighted by Crippen LogP contribution is 2.15. The maximum atomic E-state index is 5.71.